The zero-order valence-corrected chi connectivity index (χ0v) is 12.0. The Morgan fingerprint density at radius 2 is 1.89 bits per heavy atom. The SMILES string of the molecule is NC(c1cc(Br)ccc1F)C1CC1c1ccccc1. The molecule has 0 aliphatic heterocycles. The van der Waals surface area contributed by atoms with Crippen LogP contribution in [-0.2, 0) is 0 Å². The number of halogens is 2. The first-order valence-electron chi connectivity index (χ1n) is 6.42. The number of hydrogen-bond donors (Lipinski definition) is 1. The van der Waals surface area contributed by atoms with Crippen LogP contribution in [0.2, 0.25) is 0 Å². The van der Waals surface area contributed by atoms with E-state index in [2.05, 4.69) is 28.1 Å². The maximum atomic E-state index is 13.8. The summed E-state index contributed by atoms with van der Waals surface area (Å²) in [6.45, 7) is 0. The summed E-state index contributed by atoms with van der Waals surface area (Å²) in [7, 11) is 0. The fourth-order valence-corrected chi connectivity index (χ4v) is 3.07. The molecule has 0 heterocycles. The lowest BCUT2D eigenvalue weighted by Gasteiger charge is -2.13. The Morgan fingerprint density at radius 3 is 2.63 bits per heavy atom. The van der Waals surface area contributed by atoms with Gasteiger partial charge in [0, 0.05) is 16.1 Å². The highest BCUT2D eigenvalue weighted by Crippen LogP contribution is 2.53. The number of rotatable bonds is 3. The van der Waals surface area contributed by atoms with E-state index in [1.165, 1.54) is 11.6 Å². The summed E-state index contributed by atoms with van der Waals surface area (Å²) in [6.07, 6.45) is 1.04. The second-order valence-corrected chi connectivity index (χ2v) is 6.02. The van der Waals surface area contributed by atoms with Gasteiger partial charge in [-0.15, -0.1) is 0 Å². The summed E-state index contributed by atoms with van der Waals surface area (Å²) in [5.41, 5.74) is 8.15. The minimum atomic E-state index is -0.234. The van der Waals surface area contributed by atoms with Crippen LogP contribution in [0, 0.1) is 11.7 Å². The van der Waals surface area contributed by atoms with Crippen LogP contribution >= 0.6 is 15.9 Å². The highest BCUT2D eigenvalue weighted by molar-refractivity contribution is 9.10. The molecule has 1 aliphatic rings. The van der Waals surface area contributed by atoms with Gasteiger partial charge in [-0.3, -0.25) is 0 Å². The van der Waals surface area contributed by atoms with Gasteiger partial charge >= 0.3 is 0 Å². The van der Waals surface area contributed by atoms with Crippen LogP contribution < -0.4 is 5.73 Å². The first kappa shape index (κ1) is 12.8. The third-order valence-electron chi connectivity index (χ3n) is 3.85. The van der Waals surface area contributed by atoms with Crippen LogP contribution in [0.25, 0.3) is 0 Å². The zero-order chi connectivity index (χ0) is 13.4. The Morgan fingerprint density at radius 1 is 1.16 bits per heavy atom. The van der Waals surface area contributed by atoms with Crippen molar-refractivity contribution in [1.29, 1.82) is 0 Å². The molecule has 1 aliphatic carbocycles. The summed E-state index contributed by atoms with van der Waals surface area (Å²) in [6, 6.07) is 15.1. The molecular formula is C16H15BrFN. The van der Waals surface area contributed by atoms with Crippen LogP contribution in [0.5, 0.6) is 0 Å². The van der Waals surface area contributed by atoms with Gasteiger partial charge in [0.1, 0.15) is 5.82 Å². The first-order chi connectivity index (χ1) is 9.16. The van der Waals surface area contributed by atoms with E-state index in [0.717, 1.165) is 10.9 Å². The van der Waals surface area contributed by atoms with Gasteiger partial charge in [0.2, 0.25) is 0 Å². The smallest absolute Gasteiger partial charge is 0.128 e. The molecule has 0 amide bonds. The molecule has 98 valence electrons. The van der Waals surface area contributed by atoms with Crippen molar-refractivity contribution in [3.8, 4) is 0 Å². The molecule has 3 unspecified atom stereocenters. The fourth-order valence-electron chi connectivity index (χ4n) is 2.70. The van der Waals surface area contributed by atoms with Crippen LogP contribution in [0.15, 0.2) is 53.0 Å². The van der Waals surface area contributed by atoms with Crippen LogP contribution in [-0.4, -0.2) is 0 Å². The van der Waals surface area contributed by atoms with Crippen LogP contribution in [0.3, 0.4) is 0 Å². The van der Waals surface area contributed by atoms with Gasteiger partial charge < -0.3 is 5.73 Å². The Hall–Kier alpha value is -1.19. The van der Waals surface area contributed by atoms with E-state index < -0.39 is 0 Å². The summed E-state index contributed by atoms with van der Waals surface area (Å²) in [4.78, 5) is 0. The largest absolute Gasteiger partial charge is 0.324 e. The fraction of sp³-hybridized carbons (Fsp3) is 0.250. The molecule has 1 fully saturated rings. The van der Waals surface area contributed by atoms with Crippen molar-refractivity contribution in [2.45, 2.75) is 18.4 Å². The van der Waals surface area contributed by atoms with E-state index in [4.69, 9.17) is 5.73 Å². The molecule has 2 N–H and O–H groups in total. The second-order valence-electron chi connectivity index (χ2n) is 5.11. The van der Waals surface area contributed by atoms with Crippen molar-refractivity contribution in [2.75, 3.05) is 0 Å². The van der Waals surface area contributed by atoms with Gasteiger partial charge in [-0.1, -0.05) is 46.3 Å². The third-order valence-corrected chi connectivity index (χ3v) is 4.34. The van der Waals surface area contributed by atoms with Crippen molar-refractivity contribution < 1.29 is 4.39 Å². The molecule has 1 nitrogen and oxygen atoms in total. The minimum Gasteiger partial charge on any atom is -0.324 e. The van der Waals surface area contributed by atoms with Gasteiger partial charge in [-0.2, -0.15) is 0 Å². The van der Waals surface area contributed by atoms with Crippen LogP contribution in [0.1, 0.15) is 29.5 Å². The number of nitrogens with two attached hydrogens (primary N) is 1. The van der Waals surface area contributed by atoms with E-state index >= 15 is 0 Å². The normalized spacial score (nSPS) is 23.1. The molecule has 3 heteroatoms. The van der Waals surface area contributed by atoms with E-state index in [9.17, 15) is 4.39 Å². The third kappa shape index (κ3) is 2.58. The van der Waals surface area contributed by atoms with E-state index in [-0.39, 0.29) is 11.9 Å². The molecule has 19 heavy (non-hydrogen) atoms. The van der Waals surface area contributed by atoms with Gasteiger partial charge in [0.15, 0.2) is 0 Å². The van der Waals surface area contributed by atoms with E-state index in [1.54, 1.807) is 12.1 Å². The Bertz CT molecular complexity index is 585. The average molecular weight is 320 g/mol. The molecule has 1 saturated carbocycles. The maximum absolute atomic E-state index is 13.8. The molecular weight excluding hydrogens is 305 g/mol. The summed E-state index contributed by atoms with van der Waals surface area (Å²) >= 11 is 3.37. The van der Waals surface area contributed by atoms with Crippen molar-refractivity contribution in [1.82, 2.24) is 0 Å². The second kappa shape index (κ2) is 5.06. The first-order valence-corrected chi connectivity index (χ1v) is 7.21. The van der Waals surface area contributed by atoms with Crippen LogP contribution in [0.4, 0.5) is 4.39 Å². The lowest BCUT2D eigenvalue weighted by atomic mass is 9.99. The predicted molar refractivity (Wildman–Crippen MR) is 78.3 cm³/mol. The summed E-state index contributed by atoms with van der Waals surface area (Å²) in [5, 5.41) is 0. The van der Waals surface area contributed by atoms with Crippen molar-refractivity contribution in [2.24, 2.45) is 11.7 Å². The monoisotopic (exact) mass is 319 g/mol. The van der Waals surface area contributed by atoms with Crippen molar-refractivity contribution in [3.63, 3.8) is 0 Å². The Balaban J connectivity index is 1.80. The van der Waals surface area contributed by atoms with Gasteiger partial charge in [0.25, 0.3) is 0 Å². The van der Waals surface area contributed by atoms with E-state index in [1.807, 2.05) is 18.2 Å². The molecule has 3 rings (SSSR count). The van der Waals surface area contributed by atoms with Gasteiger partial charge in [-0.05, 0) is 42.0 Å². The zero-order valence-electron chi connectivity index (χ0n) is 10.4. The standard InChI is InChI=1S/C16H15BrFN/c17-11-6-7-15(18)14(8-11)16(19)13-9-12(13)10-4-2-1-3-5-10/h1-8,12-13,16H,9,19H2. The Kier molecular flexibility index (Phi) is 3.42. The lowest BCUT2D eigenvalue weighted by Crippen LogP contribution is -2.15. The summed E-state index contributed by atoms with van der Waals surface area (Å²) < 4.78 is 14.7. The van der Waals surface area contributed by atoms with Crippen molar-refractivity contribution in [3.05, 3.63) is 69.9 Å². The number of hydrogen-bond acceptors (Lipinski definition) is 1. The highest BCUT2D eigenvalue weighted by atomic mass is 79.9. The number of benzene rings is 2. The van der Waals surface area contributed by atoms with Gasteiger partial charge in [0.05, 0.1) is 0 Å². The molecule has 0 saturated heterocycles. The van der Waals surface area contributed by atoms with Crippen molar-refractivity contribution >= 4 is 15.9 Å². The lowest BCUT2D eigenvalue weighted by molar-refractivity contribution is 0.546. The minimum absolute atomic E-state index is 0.214. The quantitative estimate of drug-likeness (QED) is 0.892. The highest BCUT2D eigenvalue weighted by Gasteiger charge is 2.43. The maximum Gasteiger partial charge on any atom is 0.128 e. The Labute approximate surface area is 120 Å². The summed E-state index contributed by atoms with van der Waals surface area (Å²) in [5.74, 6) is 0.593. The van der Waals surface area contributed by atoms with E-state index in [0.29, 0.717) is 17.4 Å². The molecule has 0 radical (unpaired) electrons. The topological polar surface area (TPSA) is 26.0 Å². The molecule has 0 bridgehead atoms. The molecule has 2 aromatic rings. The molecule has 3 atom stereocenters. The molecule has 2 aromatic carbocycles. The average Bonchev–Trinajstić information content (AvgIpc) is 3.22. The predicted octanol–water partition coefficient (Wildman–Crippen LogP) is 4.39. The van der Waals surface area contributed by atoms with Gasteiger partial charge in [-0.25, -0.2) is 4.39 Å². The molecule has 0 aromatic heterocycles. The molecule has 0 spiro atoms.